The van der Waals surface area contributed by atoms with E-state index in [0.29, 0.717) is 26.1 Å². The van der Waals surface area contributed by atoms with Crippen LogP contribution in [0.4, 0.5) is 0 Å². The molecule has 2 rings (SSSR count). The van der Waals surface area contributed by atoms with Crippen LogP contribution in [-0.4, -0.2) is 32.4 Å². The van der Waals surface area contributed by atoms with Gasteiger partial charge in [-0.1, -0.05) is 43.2 Å². The van der Waals surface area contributed by atoms with E-state index in [-0.39, 0.29) is 6.04 Å². The molecule has 1 unspecified atom stereocenters. The summed E-state index contributed by atoms with van der Waals surface area (Å²) in [5.41, 5.74) is 7.11. The van der Waals surface area contributed by atoms with Crippen LogP contribution in [0, 0.1) is 0 Å². The predicted octanol–water partition coefficient (Wildman–Crippen LogP) is 1.79. The van der Waals surface area contributed by atoms with Gasteiger partial charge >= 0.3 is 0 Å². The standard InChI is InChI=1S/C15H25N3O2S/c16-15(14-8-4-3-5-9-14)10-11-17-21(19,20)18-12-6-1-2-7-13-18/h3-5,8-9,15,17H,1-2,6-7,10-13,16H2. The summed E-state index contributed by atoms with van der Waals surface area (Å²) in [5.74, 6) is 0. The highest BCUT2D eigenvalue weighted by Gasteiger charge is 2.22. The van der Waals surface area contributed by atoms with Crippen LogP contribution in [0.15, 0.2) is 30.3 Å². The van der Waals surface area contributed by atoms with Crippen molar-refractivity contribution in [1.29, 1.82) is 0 Å². The van der Waals surface area contributed by atoms with Crippen LogP contribution >= 0.6 is 0 Å². The SMILES string of the molecule is NC(CCNS(=O)(=O)N1CCCCCC1)c1ccccc1. The number of nitrogens with zero attached hydrogens (tertiary/aromatic N) is 1. The molecule has 0 spiro atoms. The highest BCUT2D eigenvalue weighted by molar-refractivity contribution is 7.87. The summed E-state index contributed by atoms with van der Waals surface area (Å²) in [5, 5.41) is 0. The van der Waals surface area contributed by atoms with Crippen LogP contribution in [0.5, 0.6) is 0 Å². The van der Waals surface area contributed by atoms with Gasteiger partial charge in [-0.05, 0) is 24.8 Å². The molecular weight excluding hydrogens is 286 g/mol. The molecule has 1 aliphatic rings. The Balaban J connectivity index is 1.81. The Hall–Kier alpha value is -0.950. The highest BCUT2D eigenvalue weighted by atomic mass is 32.2. The fourth-order valence-corrected chi connectivity index (χ4v) is 3.88. The summed E-state index contributed by atoms with van der Waals surface area (Å²) in [6.45, 7) is 1.62. The minimum absolute atomic E-state index is 0.141. The van der Waals surface area contributed by atoms with E-state index in [1.807, 2.05) is 30.3 Å². The smallest absolute Gasteiger partial charge is 0.279 e. The molecule has 5 nitrogen and oxygen atoms in total. The van der Waals surface area contributed by atoms with E-state index in [1.54, 1.807) is 4.31 Å². The highest BCUT2D eigenvalue weighted by Crippen LogP contribution is 2.14. The first kappa shape index (κ1) is 16.4. The summed E-state index contributed by atoms with van der Waals surface area (Å²) < 4.78 is 28.7. The maximum Gasteiger partial charge on any atom is 0.279 e. The van der Waals surface area contributed by atoms with Gasteiger partial charge in [0, 0.05) is 25.7 Å². The van der Waals surface area contributed by atoms with Crippen LogP contribution in [0.2, 0.25) is 0 Å². The average molecular weight is 311 g/mol. The predicted molar refractivity (Wildman–Crippen MR) is 85.0 cm³/mol. The van der Waals surface area contributed by atoms with Crippen LogP contribution in [0.1, 0.15) is 43.7 Å². The van der Waals surface area contributed by atoms with Gasteiger partial charge < -0.3 is 5.73 Å². The van der Waals surface area contributed by atoms with E-state index >= 15 is 0 Å². The van der Waals surface area contributed by atoms with Crippen molar-refractivity contribution in [2.24, 2.45) is 5.73 Å². The third-order valence-electron chi connectivity index (χ3n) is 3.87. The number of nitrogens with two attached hydrogens (primary N) is 1. The largest absolute Gasteiger partial charge is 0.324 e. The third kappa shape index (κ3) is 5.07. The van der Waals surface area contributed by atoms with Gasteiger partial charge in [0.2, 0.25) is 0 Å². The van der Waals surface area contributed by atoms with Crippen molar-refractivity contribution in [3.63, 3.8) is 0 Å². The Morgan fingerprint density at radius 1 is 1.10 bits per heavy atom. The van der Waals surface area contributed by atoms with Crippen molar-refractivity contribution >= 4 is 10.2 Å². The number of hydrogen-bond acceptors (Lipinski definition) is 3. The molecule has 6 heteroatoms. The van der Waals surface area contributed by atoms with Crippen LogP contribution in [0.25, 0.3) is 0 Å². The Labute approximate surface area is 127 Å². The summed E-state index contributed by atoms with van der Waals surface area (Å²) in [6, 6.07) is 9.62. The van der Waals surface area contributed by atoms with Gasteiger partial charge in [-0.15, -0.1) is 0 Å². The normalized spacial score (nSPS) is 19.1. The van der Waals surface area contributed by atoms with Crippen LogP contribution < -0.4 is 10.5 Å². The van der Waals surface area contributed by atoms with E-state index in [9.17, 15) is 8.42 Å². The van der Waals surface area contributed by atoms with Crippen molar-refractivity contribution in [3.8, 4) is 0 Å². The summed E-state index contributed by atoms with van der Waals surface area (Å²) in [4.78, 5) is 0. The molecule has 0 radical (unpaired) electrons. The van der Waals surface area contributed by atoms with Gasteiger partial charge in [0.05, 0.1) is 0 Å². The Morgan fingerprint density at radius 3 is 2.33 bits per heavy atom. The van der Waals surface area contributed by atoms with Gasteiger partial charge in [0.25, 0.3) is 10.2 Å². The van der Waals surface area contributed by atoms with Crippen molar-refractivity contribution in [2.45, 2.75) is 38.1 Å². The molecule has 0 aliphatic carbocycles. The minimum Gasteiger partial charge on any atom is -0.324 e. The fraction of sp³-hybridized carbons (Fsp3) is 0.600. The summed E-state index contributed by atoms with van der Waals surface area (Å²) in [6.07, 6.45) is 4.72. The summed E-state index contributed by atoms with van der Waals surface area (Å²) >= 11 is 0. The molecule has 0 bridgehead atoms. The molecule has 21 heavy (non-hydrogen) atoms. The molecule has 3 N–H and O–H groups in total. The Kier molecular flexibility index (Phi) is 6.17. The molecule has 118 valence electrons. The lowest BCUT2D eigenvalue weighted by atomic mass is 10.1. The van der Waals surface area contributed by atoms with Crippen molar-refractivity contribution in [2.75, 3.05) is 19.6 Å². The first-order valence-corrected chi connectivity index (χ1v) is 9.09. The molecule has 0 aromatic heterocycles. The molecule has 1 aliphatic heterocycles. The monoisotopic (exact) mass is 311 g/mol. The number of benzene rings is 1. The van der Waals surface area contributed by atoms with Crippen molar-refractivity contribution in [3.05, 3.63) is 35.9 Å². The van der Waals surface area contributed by atoms with Crippen molar-refractivity contribution < 1.29 is 8.42 Å². The van der Waals surface area contributed by atoms with E-state index in [0.717, 1.165) is 31.2 Å². The molecule has 1 aromatic carbocycles. The number of hydrogen-bond donors (Lipinski definition) is 2. The molecular formula is C15H25N3O2S. The molecule has 1 saturated heterocycles. The lowest BCUT2D eigenvalue weighted by molar-refractivity contribution is 0.413. The second-order valence-electron chi connectivity index (χ2n) is 5.52. The van der Waals surface area contributed by atoms with Gasteiger partial charge in [0.15, 0.2) is 0 Å². The minimum atomic E-state index is -3.36. The van der Waals surface area contributed by atoms with E-state index < -0.39 is 10.2 Å². The van der Waals surface area contributed by atoms with Gasteiger partial charge in [-0.3, -0.25) is 0 Å². The van der Waals surface area contributed by atoms with Crippen LogP contribution in [-0.2, 0) is 10.2 Å². The van der Waals surface area contributed by atoms with Gasteiger partial charge in [-0.2, -0.15) is 12.7 Å². The average Bonchev–Trinajstić information content (AvgIpc) is 2.77. The first-order chi connectivity index (χ1) is 10.1. The maximum absolute atomic E-state index is 12.2. The van der Waals surface area contributed by atoms with E-state index in [1.165, 1.54) is 0 Å². The molecule has 1 atom stereocenters. The van der Waals surface area contributed by atoms with E-state index in [2.05, 4.69) is 4.72 Å². The zero-order chi connectivity index (χ0) is 15.1. The van der Waals surface area contributed by atoms with E-state index in [4.69, 9.17) is 5.73 Å². The molecule has 0 saturated carbocycles. The van der Waals surface area contributed by atoms with Gasteiger partial charge in [-0.25, -0.2) is 4.72 Å². The topological polar surface area (TPSA) is 75.4 Å². The zero-order valence-electron chi connectivity index (χ0n) is 12.4. The fourth-order valence-electron chi connectivity index (χ4n) is 2.58. The quantitative estimate of drug-likeness (QED) is 0.841. The molecule has 1 heterocycles. The van der Waals surface area contributed by atoms with Crippen LogP contribution in [0.3, 0.4) is 0 Å². The van der Waals surface area contributed by atoms with Gasteiger partial charge in [0.1, 0.15) is 0 Å². The molecule has 1 aromatic rings. The van der Waals surface area contributed by atoms with Crippen molar-refractivity contribution in [1.82, 2.24) is 9.03 Å². The molecule has 1 fully saturated rings. The third-order valence-corrected chi connectivity index (χ3v) is 5.49. The summed E-state index contributed by atoms with van der Waals surface area (Å²) in [7, 11) is -3.36. The second-order valence-corrected chi connectivity index (χ2v) is 7.27. The molecule has 0 amide bonds. The Morgan fingerprint density at radius 2 is 1.71 bits per heavy atom. The number of nitrogens with one attached hydrogen (secondary N) is 1. The number of rotatable bonds is 6. The lowest BCUT2D eigenvalue weighted by Gasteiger charge is -2.21. The second kappa shape index (κ2) is 7.89. The Bertz CT molecular complexity index is 511. The first-order valence-electron chi connectivity index (χ1n) is 7.65. The lowest BCUT2D eigenvalue weighted by Crippen LogP contribution is -2.42. The maximum atomic E-state index is 12.2. The zero-order valence-corrected chi connectivity index (χ0v) is 13.2.